The van der Waals surface area contributed by atoms with Gasteiger partial charge in [0.05, 0.1) is 0 Å². The highest BCUT2D eigenvalue weighted by molar-refractivity contribution is 5.93. The summed E-state index contributed by atoms with van der Waals surface area (Å²) >= 11 is 0. The molecule has 20 heavy (non-hydrogen) atoms. The van der Waals surface area contributed by atoms with Crippen molar-refractivity contribution in [3.05, 3.63) is 23.9 Å². The number of fused-ring (bicyclic) bond motifs is 1. The number of anilines is 1. The number of piperazine rings is 1. The highest BCUT2D eigenvalue weighted by atomic mass is 16.1. The molecular weight excluding hydrogens is 250 g/mol. The number of hydrogen-bond acceptors (Lipinski definition) is 4. The van der Waals surface area contributed by atoms with Crippen LogP contribution in [-0.2, 0) is 0 Å². The van der Waals surface area contributed by atoms with E-state index in [0.717, 1.165) is 18.9 Å². The molecule has 0 aromatic carbocycles. The average Bonchev–Trinajstić information content (AvgIpc) is 2.46. The van der Waals surface area contributed by atoms with E-state index in [1.807, 2.05) is 12.1 Å². The lowest BCUT2D eigenvalue weighted by atomic mass is 9.97. The van der Waals surface area contributed by atoms with Gasteiger partial charge >= 0.3 is 0 Å². The first-order valence-corrected chi connectivity index (χ1v) is 7.63. The maximum absolute atomic E-state index is 11.3. The lowest BCUT2D eigenvalue weighted by Gasteiger charge is -2.48. The summed E-state index contributed by atoms with van der Waals surface area (Å²) in [6.07, 6.45) is 5.70. The van der Waals surface area contributed by atoms with Gasteiger partial charge in [-0.2, -0.15) is 0 Å². The van der Waals surface area contributed by atoms with E-state index in [1.165, 1.54) is 25.8 Å². The van der Waals surface area contributed by atoms with Crippen molar-refractivity contribution >= 4 is 11.6 Å². The fourth-order valence-corrected chi connectivity index (χ4v) is 3.44. The molecule has 0 amide bonds. The lowest BCUT2D eigenvalue weighted by Crippen LogP contribution is -2.59. The van der Waals surface area contributed by atoms with Gasteiger partial charge in [-0.1, -0.05) is 6.42 Å². The number of Topliss-reactive ketones (excluding diaryl/α,β-unsaturated/α-hetero) is 1. The fraction of sp³-hybridized carbons (Fsp3) is 0.625. The first kappa shape index (κ1) is 13.6. The molecule has 2 aliphatic heterocycles. The molecule has 0 radical (unpaired) electrons. The predicted octanol–water partition coefficient (Wildman–Crippen LogP) is 2.35. The smallest absolute Gasteiger partial charge is 0.161 e. The van der Waals surface area contributed by atoms with Gasteiger partial charge in [0.25, 0.3) is 0 Å². The van der Waals surface area contributed by atoms with Gasteiger partial charge in [-0.25, -0.2) is 4.98 Å². The molecule has 4 heteroatoms. The Morgan fingerprint density at radius 2 is 2.15 bits per heavy atom. The Kier molecular flexibility index (Phi) is 3.74. The third-order valence-electron chi connectivity index (χ3n) is 4.64. The molecule has 3 rings (SSSR count). The third-order valence-corrected chi connectivity index (χ3v) is 4.64. The van der Waals surface area contributed by atoms with Gasteiger partial charge < -0.3 is 4.90 Å². The standard InChI is InChI=1S/C16H23N3O/c1-12-10-18-8-4-3-5-15(18)11-19(12)16-7-6-14(9-17-16)13(2)20/h6-7,9,12,15H,3-5,8,10-11H2,1-2H3. The Morgan fingerprint density at radius 3 is 2.85 bits per heavy atom. The lowest BCUT2D eigenvalue weighted by molar-refractivity contribution is 0.101. The van der Waals surface area contributed by atoms with E-state index in [4.69, 9.17) is 0 Å². The zero-order chi connectivity index (χ0) is 14.1. The summed E-state index contributed by atoms with van der Waals surface area (Å²) in [5, 5.41) is 0. The Bertz CT molecular complexity index is 485. The molecule has 2 aliphatic rings. The zero-order valence-electron chi connectivity index (χ0n) is 12.4. The number of hydrogen-bond donors (Lipinski definition) is 0. The maximum Gasteiger partial charge on any atom is 0.161 e. The summed E-state index contributed by atoms with van der Waals surface area (Å²) in [7, 11) is 0. The van der Waals surface area contributed by atoms with E-state index < -0.39 is 0 Å². The average molecular weight is 273 g/mol. The molecule has 0 saturated carbocycles. The quantitative estimate of drug-likeness (QED) is 0.775. The topological polar surface area (TPSA) is 36.4 Å². The van der Waals surface area contributed by atoms with Crippen LogP contribution in [0.3, 0.4) is 0 Å². The van der Waals surface area contributed by atoms with Crippen LogP contribution in [0.4, 0.5) is 5.82 Å². The number of piperidine rings is 1. The van der Waals surface area contributed by atoms with Crippen LogP contribution in [0.15, 0.2) is 18.3 Å². The van der Waals surface area contributed by atoms with Crippen molar-refractivity contribution in [2.75, 3.05) is 24.5 Å². The van der Waals surface area contributed by atoms with Crippen LogP contribution in [0.5, 0.6) is 0 Å². The van der Waals surface area contributed by atoms with Crippen LogP contribution >= 0.6 is 0 Å². The van der Waals surface area contributed by atoms with Crippen molar-refractivity contribution in [3.63, 3.8) is 0 Å². The Morgan fingerprint density at radius 1 is 1.30 bits per heavy atom. The zero-order valence-corrected chi connectivity index (χ0v) is 12.4. The van der Waals surface area contributed by atoms with Crippen LogP contribution in [0, 0.1) is 0 Å². The van der Waals surface area contributed by atoms with Crippen LogP contribution in [0.25, 0.3) is 0 Å². The third kappa shape index (κ3) is 2.57. The minimum Gasteiger partial charge on any atom is -0.351 e. The van der Waals surface area contributed by atoms with Crippen LogP contribution < -0.4 is 4.90 Å². The second kappa shape index (κ2) is 5.52. The minimum absolute atomic E-state index is 0.0780. The Labute approximate surface area is 120 Å². The van der Waals surface area contributed by atoms with E-state index in [2.05, 4.69) is 21.7 Å². The SMILES string of the molecule is CC(=O)c1ccc(N2CC3CCCCN3CC2C)nc1. The number of ketones is 1. The molecule has 2 saturated heterocycles. The number of rotatable bonds is 2. The number of nitrogens with zero attached hydrogens (tertiary/aromatic N) is 3. The van der Waals surface area contributed by atoms with Crippen LogP contribution in [-0.4, -0.2) is 47.4 Å². The molecule has 1 aromatic heterocycles. The van der Waals surface area contributed by atoms with Crippen molar-refractivity contribution < 1.29 is 4.79 Å². The van der Waals surface area contributed by atoms with E-state index in [9.17, 15) is 4.79 Å². The van der Waals surface area contributed by atoms with Crippen molar-refractivity contribution in [2.24, 2.45) is 0 Å². The fourth-order valence-electron chi connectivity index (χ4n) is 3.44. The molecule has 4 nitrogen and oxygen atoms in total. The summed E-state index contributed by atoms with van der Waals surface area (Å²) in [6.45, 7) is 7.29. The Hall–Kier alpha value is -1.42. The van der Waals surface area contributed by atoms with E-state index in [-0.39, 0.29) is 5.78 Å². The van der Waals surface area contributed by atoms with Crippen molar-refractivity contribution in [2.45, 2.75) is 45.2 Å². The molecule has 2 fully saturated rings. The number of carbonyl (C=O) groups excluding carboxylic acids is 1. The van der Waals surface area contributed by atoms with Gasteiger partial charge in [-0.3, -0.25) is 9.69 Å². The molecule has 0 aliphatic carbocycles. The maximum atomic E-state index is 11.3. The molecule has 0 bridgehead atoms. The summed E-state index contributed by atoms with van der Waals surface area (Å²) in [5.74, 6) is 1.09. The van der Waals surface area contributed by atoms with Crippen molar-refractivity contribution in [1.82, 2.24) is 9.88 Å². The van der Waals surface area contributed by atoms with Gasteiger partial charge in [0.1, 0.15) is 5.82 Å². The first-order chi connectivity index (χ1) is 9.65. The summed E-state index contributed by atoms with van der Waals surface area (Å²) in [5.41, 5.74) is 0.692. The molecule has 3 heterocycles. The second-order valence-electron chi connectivity index (χ2n) is 6.11. The second-order valence-corrected chi connectivity index (χ2v) is 6.11. The van der Waals surface area contributed by atoms with Crippen LogP contribution in [0.1, 0.15) is 43.5 Å². The Balaban J connectivity index is 1.77. The van der Waals surface area contributed by atoms with Crippen molar-refractivity contribution in [1.29, 1.82) is 0 Å². The summed E-state index contributed by atoms with van der Waals surface area (Å²) < 4.78 is 0. The highest BCUT2D eigenvalue weighted by Crippen LogP contribution is 2.27. The van der Waals surface area contributed by atoms with Crippen molar-refractivity contribution in [3.8, 4) is 0 Å². The number of pyridine rings is 1. The molecule has 1 aromatic rings. The molecule has 0 spiro atoms. The number of aromatic nitrogens is 1. The highest BCUT2D eigenvalue weighted by Gasteiger charge is 2.33. The summed E-state index contributed by atoms with van der Waals surface area (Å²) in [4.78, 5) is 20.9. The normalized spacial score (nSPS) is 27.2. The van der Waals surface area contributed by atoms with Gasteiger partial charge in [-0.05, 0) is 45.4 Å². The van der Waals surface area contributed by atoms with Crippen LogP contribution in [0.2, 0.25) is 0 Å². The number of carbonyl (C=O) groups is 1. The minimum atomic E-state index is 0.0780. The monoisotopic (exact) mass is 273 g/mol. The summed E-state index contributed by atoms with van der Waals surface area (Å²) in [6, 6.07) is 5.05. The van der Waals surface area contributed by atoms with Gasteiger partial charge in [-0.15, -0.1) is 0 Å². The van der Waals surface area contributed by atoms with Gasteiger partial charge in [0.15, 0.2) is 5.78 Å². The molecular formula is C16H23N3O. The molecule has 108 valence electrons. The van der Waals surface area contributed by atoms with E-state index >= 15 is 0 Å². The molecule has 2 atom stereocenters. The largest absolute Gasteiger partial charge is 0.351 e. The molecule has 0 N–H and O–H groups in total. The van der Waals surface area contributed by atoms with Gasteiger partial charge in [0, 0.05) is 36.9 Å². The molecule has 2 unspecified atom stereocenters. The van der Waals surface area contributed by atoms with E-state index in [1.54, 1.807) is 13.1 Å². The first-order valence-electron chi connectivity index (χ1n) is 7.63. The van der Waals surface area contributed by atoms with E-state index in [0.29, 0.717) is 17.6 Å². The van der Waals surface area contributed by atoms with Gasteiger partial charge in [0.2, 0.25) is 0 Å². The predicted molar refractivity (Wildman–Crippen MR) is 80.3 cm³/mol.